The van der Waals surface area contributed by atoms with Crippen LogP contribution in [0.5, 0.6) is 0 Å². The summed E-state index contributed by atoms with van der Waals surface area (Å²) in [6.07, 6.45) is 3.01. The van der Waals surface area contributed by atoms with Crippen molar-refractivity contribution in [1.82, 2.24) is 20.5 Å². The van der Waals surface area contributed by atoms with E-state index in [9.17, 15) is 9.18 Å². The number of ether oxygens (including phenoxy) is 1. The number of rotatable bonds is 6. The summed E-state index contributed by atoms with van der Waals surface area (Å²) in [6, 6.07) is 9.87. The highest BCUT2D eigenvalue weighted by Crippen LogP contribution is 2.25. The van der Waals surface area contributed by atoms with Crippen LogP contribution in [0, 0.1) is 5.82 Å². The van der Waals surface area contributed by atoms with E-state index in [4.69, 9.17) is 4.74 Å². The van der Waals surface area contributed by atoms with Crippen molar-refractivity contribution in [2.24, 2.45) is 4.99 Å². The Hall–Kier alpha value is -3.00. The van der Waals surface area contributed by atoms with Gasteiger partial charge < -0.3 is 20.3 Å². The van der Waals surface area contributed by atoms with Crippen LogP contribution in [-0.4, -0.2) is 60.6 Å². The number of hydrogen-bond acceptors (Lipinski definition) is 4. The molecule has 1 aliphatic heterocycles. The molecule has 1 aliphatic rings. The first-order chi connectivity index (χ1) is 14.6. The molecule has 8 heteroatoms. The molecule has 1 aromatic carbocycles. The van der Waals surface area contributed by atoms with E-state index < -0.39 is 0 Å². The molecule has 2 aromatic rings. The zero-order valence-corrected chi connectivity index (χ0v) is 17.3. The minimum absolute atomic E-state index is 0.00272. The van der Waals surface area contributed by atoms with Crippen molar-refractivity contribution in [3.8, 4) is 0 Å². The van der Waals surface area contributed by atoms with E-state index in [-0.39, 0.29) is 23.9 Å². The Morgan fingerprint density at radius 1 is 1.27 bits per heavy atom. The first-order valence-corrected chi connectivity index (χ1v) is 10.2. The van der Waals surface area contributed by atoms with Gasteiger partial charge in [0.2, 0.25) is 0 Å². The van der Waals surface area contributed by atoms with E-state index in [1.54, 1.807) is 30.5 Å². The second-order valence-corrected chi connectivity index (χ2v) is 7.13. The van der Waals surface area contributed by atoms with Gasteiger partial charge in [-0.3, -0.25) is 14.8 Å². The van der Waals surface area contributed by atoms with Crippen LogP contribution in [0.25, 0.3) is 0 Å². The lowest BCUT2D eigenvalue weighted by Crippen LogP contribution is -2.51. The number of aliphatic imine (C=N–C) groups is 1. The number of benzene rings is 1. The van der Waals surface area contributed by atoms with Gasteiger partial charge in [-0.2, -0.15) is 0 Å². The molecule has 3 rings (SSSR count). The maximum Gasteiger partial charge on any atom is 0.252 e. The summed E-state index contributed by atoms with van der Waals surface area (Å²) in [6.45, 7) is 6.94. The molecule has 7 nitrogen and oxygen atoms in total. The molecule has 0 radical (unpaired) electrons. The Bertz CT molecular complexity index is 844. The first-order valence-electron chi connectivity index (χ1n) is 10.2. The smallest absolute Gasteiger partial charge is 0.252 e. The number of halogens is 1. The van der Waals surface area contributed by atoms with Crippen LogP contribution in [0.4, 0.5) is 4.39 Å². The molecular formula is C22H28FN5O2. The normalized spacial score (nSPS) is 19.4. The molecule has 0 spiro atoms. The van der Waals surface area contributed by atoms with E-state index in [0.29, 0.717) is 31.7 Å². The second kappa shape index (κ2) is 10.7. The van der Waals surface area contributed by atoms with E-state index in [2.05, 4.69) is 25.5 Å². The zero-order chi connectivity index (χ0) is 21.3. The summed E-state index contributed by atoms with van der Waals surface area (Å²) < 4.78 is 19.3. The first kappa shape index (κ1) is 21.7. The highest BCUT2D eigenvalue weighted by molar-refractivity contribution is 5.93. The van der Waals surface area contributed by atoms with Crippen LogP contribution in [0.2, 0.25) is 0 Å². The number of amides is 1. The van der Waals surface area contributed by atoms with Crippen molar-refractivity contribution < 1.29 is 13.9 Å². The van der Waals surface area contributed by atoms with Crippen LogP contribution in [0.3, 0.4) is 0 Å². The molecule has 2 atom stereocenters. The van der Waals surface area contributed by atoms with Gasteiger partial charge in [-0.25, -0.2) is 4.39 Å². The minimum atomic E-state index is -0.261. The Morgan fingerprint density at radius 3 is 2.77 bits per heavy atom. The second-order valence-electron chi connectivity index (χ2n) is 7.13. The number of aromatic nitrogens is 1. The average Bonchev–Trinajstić information content (AvgIpc) is 2.76. The van der Waals surface area contributed by atoms with Gasteiger partial charge in [-0.1, -0.05) is 12.1 Å². The molecule has 30 heavy (non-hydrogen) atoms. The van der Waals surface area contributed by atoms with Crippen molar-refractivity contribution >= 4 is 11.9 Å². The number of morpholine rings is 1. The SMILES string of the molecule is CCNC(=NCCNC(=O)c1cccnc1)N1CC(C)OC(c2ccc(F)cc2)C1. The molecule has 2 unspecified atom stereocenters. The highest BCUT2D eigenvalue weighted by Gasteiger charge is 2.28. The van der Waals surface area contributed by atoms with Gasteiger partial charge in [0.1, 0.15) is 11.9 Å². The lowest BCUT2D eigenvalue weighted by molar-refractivity contribution is -0.0605. The van der Waals surface area contributed by atoms with Gasteiger partial charge in [0.05, 0.1) is 24.8 Å². The summed E-state index contributed by atoms with van der Waals surface area (Å²) >= 11 is 0. The third-order valence-corrected chi connectivity index (χ3v) is 4.72. The molecule has 1 aromatic heterocycles. The Labute approximate surface area is 176 Å². The topological polar surface area (TPSA) is 78.8 Å². The molecule has 1 amide bonds. The summed E-state index contributed by atoms with van der Waals surface area (Å²) in [5, 5.41) is 6.17. The fourth-order valence-corrected chi connectivity index (χ4v) is 3.34. The Kier molecular flexibility index (Phi) is 7.73. The Balaban J connectivity index is 1.60. The number of pyridine rings is 1. The lowest BCUT2D eigenvalue weighted by Gasteiger charge is -2.38. The van der Waals surface area contributed by atoms with Crippen molar-refractivity contribution in [2.75, 3.05) is 32.7 Å². The summed E-state index contributed by atoms with van der Waals surface area (Å²) in [7, 11) is 0. The quantitative estimate of drug-likeness (QED) is 0.432. The van der Waals surface area contributed by atoms with Crippen LogP contribution >= 0.6 is 0 Å². The molecule has 0 aliphatic carbocycles. The van der Waals surface area contributed by atoms with E-state index >= 15 is 0 Å². The van der Waals surface area contributed by atoms with Crippen LogP contribution < -0.4 is 10.6 Å². The van der Waals surface area contributed by atoms with Gasteiger partial charge in [0.15, 0.2) is 5.96 Å². The third kappa shape index (κ3) is 6.00. The molecule has 0 bridgehead atoms. The van der Waals surface area contributed by atoms with E-state index in [1.807, 2.05) is 13.8 Å². The van der Waals surface area contributed by atoms with Gasteiger partial charge in [-0.05, 0) is 43.7 Å². The highest BCUT2D eigenvalue weighted by atomic mass is 19.1. The van der Waals surface area contributed by atoms with Crippen LogP contribution in [0.15, 0.2) is 53.8 Å². The van der Waals surface area contributed by atoms with Gasteiger partial charge in [0.25, 0.3) is 5.91 Å². The maximum absolute atomic E-state index is 13.3. The van der Waals surface area contributed by atoms with Crippen molar-refractivity contribution in [3.63, 3.8) is 0 Å². The molecule has 1 fully saturated rings. The molecule has 1 saturated heterocycles. The predicted molar refractivity (Wildman–Crippen MR) is 114 cm³/mol. The third-order valence-electron chi connectivity index (χ3n) is 4.72. The molecule has 0 saturated carbocycles. The van der Waals surface area contributed by atoms with Crippen molar-refractivity contribution in [3.05, 3.63) is 65.7 Å². The number of hydrogen-bond donors (Lipinski definition) is 2. The fourth-order valence-electron chi connectivity index (χ4n) is 3.34. The van der Waals surface area contributed by atoms with Gasteiger partial charge in [-0.15, -0.1) is 0 Å². The zero-order valence-electron chi connectivity index (χ0n) is 17.3. The number of nitrogens with one attached hydrogen (secondary N) is 2. The maximum atomic E-state index is 13.3. The molecular weight excluding hydrogens is 385 g/mol. The monoisotopic (exact) mass is 413 g/mol. The van der Waals surface area contributed by atoms with Gasteiger partial charge in [0, 0.05) is 32.0 Å². The number of carbonyl (C=O) groups is 1. The molecule has 160 valence electrons. The Morgan fingerprint density at radius 2 is 2.07 bits per heavy atom. The lowest BCUT2D eigenvalue weighted by atomic mass is 10.1. The molecule has 2 N–H and O–H groups in total. The van der Waals surface area contributed by atoms with Gasteiger partial charge >= 0.3 is 0 Å². The summed E-state index contributed by atoms with van der Waals surface area (Å²) in [5.41, 5.74) is 1.46. The summed E-state index contributed by atoms with van der Waals surface area (Å²) in [4.78, 5) is 22.9. The predicted octanol–water partition coefficient (Wildman–Crippen LogP) is 2.38. The average molecular weight is 413 g/mol. The number of nitrogens with zero attached hydrogens (tertiary/aromatic N) is 3. The summed E-state index contributed by atoms with van der Waals surface area (Å²) in [5.74, 6) is 0.345. The van der Waals surface area contributed by atoms with Crippen molar-refractivity contribution in [1.29, 1.82) is 0 Å². The van der Waals surface area contributed by atoms with Crippen LogP contribution in [0.1, 0.15) is 35.9 Å². The fraction of sp³-hybridized carbons (Fsp3) is 0.409. The molecule has 2 heterocycles. The standard InChI is InChI=1S/C22H28FN5O2/c1-3-25-22(27-12-11-26-21(29)18-5-4-10-24-13-18)28-14-16(2)30-20(15-28)17-6-8-19(23)9-7-17/h4-10,13,16,20H,3,11-12,14-15H2,1-2H3,(H,25,27)(H,26,29). The van der Waals surface area contributed by atoms with Crippen molar-refractivity contribution in [2.45, 2.75) is 26.1 Å². The largest absolute Gasteiger partial charge is 0.367 e. The number of carbonyl (C=O) groups excluding carboxylic acids is 1. The number of guanidine groups is 1. The van der Waals surface area contributed by atoms with E-state index in [0.717, 1.165) is 18.1 Å². The minimum Gasteiger partial charge on any atom is -0.367 e. The van der Waals surface area contributed by atoms with Crippen LogP contribution in [-0.2, 0) is 4.74 Å². The van der Waals surface area contributed by atoms with E-state index in [1.165, 1.54) is 18.3 Å².